The summed E-state index contributed by atoms with van der Waals surface area (Å²) in [4.78, 5) is 0. The first kappa shape index (κ1) is 8.97. The summed E-state index contributed by atoms with van der Waals surface area (Å²) in [7, 11) is 0. The number of thioether (sulfide) groups is 1. The van der Waals surface area contributed by atoms with Crippen LogP contribution >= 0.6 is 11.8 Å². The Hall–Kier alpha value is -0.610. The lowest BCUT2D eigenvalue weighted by molar-refractivity contribution is 0.574. The molecule has 1 N–H and O–H groups in total. The Balaban J connectivity index is 2.32. The summed E-state index contributed by atoms with van der Waals surface area (Å²) in [5.41, 5.74) is 0.419. The summed E-state index contributed by atoms with van der Waals surface area (Å²) in [6.07, 6.45) is 0. The van der Waals surface area contributed by atoms with E-state index >= 15 is 0 Å². The molecule has 1 aliphatic rings. The van der Waals surface area contributed by atoms with Gasteiger partial charge in [-0.25, -0.2) is 8.78 Å². The highest BCUT2D eigenvalue weighted by Gasteiger charge is 2.20. The average Bonchev–Trinajstić information content (AvgIpc) is 2.61. The zero-order valence-electron chi connectivity index (χ0n) is 6.89. The van der Waals surface area contributed by atoms with Crippen LogP contribution in [0.5, 0.6) is 0 Å². The Kier molecular flexibility index (Phi) is 2.51. The fourth-order valence-electron chi connectivity index (χ4n) is 1.34. The third-order valence-corrected chi connectivity index (χ3v) is 3.15. The number of hydrogen-bond donors (Lipinski definition) is 1. The van der Waals surface area contributed by atoms with Gasteiger partial charge < -0.3 is 5.32 Å². The Morgan fingerprint density at radius 1 is 1.38 bits per heavy atom. The molecular formula is C9H9F2NS. The lowest BCUT2D eigenvalue weighted by Crippen LogP contribution is -2.13. The largest absolute Gasteiger partial charge is 0.301 e. The van der Waals surface area contributed by atoms with Gasteiger partial charge in [0, 0.05) is 17.9 Å². The van der Waals surface area contributed by atoms with Crippen molar-refractivity contribution in [2.45, 2.75) is 5.37 Å². The highest BCUT2D eigenvalue weighted by Crippen LogP contribution is 2.31. The van der Waals surface area contributed by atoms with Crippen molar-refractivity contribution in [3.63, 3.8) is 0 Å². The zero-order chi connectivity index (χ0) is 9.26. The van der Waals surface area contributed by atoms with Crippen LogP contribution in [0.4, 0.5) is 8.78 Å². The highest BCUT2D eigenvalue weighted by molar-refractivity contribution is 7.99. The van der Waals surface area contributed by atoms with Crippen molar-refractivity contribution >= 4 is 11.8 Å². The van der Waals surface area contributed by atoms with E-state index in [0.717, 1.165) is 18.4 Å². The molecule has 0 bridgehead atoms. The molecule has 1 aromatic carbocycles. The molecule has 0 aliphatic carbocycles. The van der Waals surface area contributed by atoms with Gasteiger partial charge in [-0.05, 0) is 18.2 Å². The second-order valence-corrected chi connectivity index (χ2v) is 4.08. The third kappa shape index (κ3) is 1.84. The van der Waals surface area contributed by atoms with Crippen molar-refractivity contribution < 1.29 is 8.78 Å². The van der Waals surface area contributed by atoms with Crippen molar-refractivity contribution in [1.82, 2.24) is 5.32 Å². The normalized spacial score (nSPS) is 22.2. The number of halogens is 2. The summed E-state index contributed by atoms with van der Waals surface area (Å²) < 4.78 is 26.0. The van der Waals surface area contributed by atoms with Crippen LogP contribution < -0.4 is 5.32 Å². The van der Waals surface area contributed by atoms with E-state index < -0.39 is 0 Å². The van der Waals surface area contributed by atoms with Crippen LogP contribution in [-0.2, 0) is 0 Å². The maximum atomic E-state index is 13.2. The molecule has 1 aromatic rings. The molecule has 1 fully saturated rings. The van der Waals surface area contributed by atoms with Crippen molar-refractivity contribution in [2.24, 2.45) is 0 Å². The molecule has 1 atom stereocenters. The zero-order valence-corrected chi connectivity index (χ0v) is 7.70. The monoisotopic (exact) mass is 201 g/mol. The lowest BCUT2D eigenvalue weighted by Gasteiger charge is -2.10. The second-order valence-electron chi connectivity index (χ2n) is 2.87. The fourth-order valence-corrected chi connectivity index (χ4v) is 2.41. The molecule has 1 saturated heterocycles. The minimum absolute atomic E-state index is 0.0873. The van der Waals surface area contributed by atoms with Gasteiger partial charge in [0.25, 0.3) is 0 Å². The predicted octanol–water partition coefficient (Wildman–Crippen LogP) is 2.30. The molecule has 0 radical (unpaired) electrons. The molecule has 0 spiro atoms. The minimum Gasteiger partial charge on any atom is -0.301 e. The number of nitrogens with one attached hydrogen (secondary N) is 1. The second kappa shape index (κ2) is 3.64. The van der Waals surface area contributed by atoms with E-state index in [-0.39, 0.29) is 17.0 Å². The van der Waals surface area contributed by atoms with E-state index in [0.29, 0.717) is 5.56 Å². The van der Waals surface area contributed by atoms with E-state index in [1.54, 1.807) is 11.8 Å². The topological polar surface area (TPSA) is 12.0 Å². The standard InChI is InChI=1S/C9H9F2NS/c10-6-1-2-8(11)7(5-6)9-12-3-4-13-9/h1-2,5,9,12H,3-4H2/t9-/m0/s1. The van der Waals surface area contributed by atoms with Crippen molar-refractivity contribution in [2.75, 3.05) is 12.3 Å². The SMILES string of the molecule is Fc1ccc(F)c([C@H]2NCCS2)c1. The summed E-state index contributed by atoms with van der Waals surface area (Å²) in [5.74, 6) is 0.222. The van der Waals surface area contributed by atoms with E-state index in [9.17, 15) is 8.78 Å². The third-order valence-electron chi connectivity index (χ3n) is 1.96. The van der Waals surface area contributed by atoms with Crippen LogP contribution in [0.2, 0.25) is 0 Å². The predicted molar refractivity (Wildman–Crippen MR) is 49.6 cm³/mol. The Labute approximate surface area is 79.5 Å². The van der Waals surface area contributed by atoms with Crippen LogP contribution in [0, 0.1) is 11.6 Å². The number of hydrogen-bond acceptors (Lipinski definition) is 2. The van der Waals surface area contributed by atoms with Crippen LogP contribution in [0.3, 0.4) is 0 Å². The molecule has 4 heteroatoms. The van der Waals surface area contributed by atoms with Crippen molar-refractivity contribution in [3.8, 4) is 0 Å². The van der Waals surface area contributed by atoms with Crippen molar-refractivity contribution in [3.05, 3.63) is 35.4 Å². The highest BCUT2D eigenvalue weighted by atomic mass is 32.2. The van der Waals surface area contributed by atoms with Gasteiger partial charge in [0.2, 0.25) is 0 Å². The van der Waals surface area contributed by atoms with Gasteiger partial charge in [0.05, 0.1) is 5.37 Å². The number of rotatable bonds is 1. The van der Waals surface area contributed by atoms with E-state index in [1.807, 2.05) is 0 Å². The molecular weight excluding hydrogens is 192 g/mol. The van der Waals surface area contributed by atoms with Crippen LogP contribution in [0.1, 0.15) is 10.9 Å². The summed E-state index contributed by atoms with van der Waals surface area (Å²) in [6, 6.07) is 3.56. The molecule has 13 heavy (non-hydrogen) atoms. The van der Waals surface area contributed by atoms with E-state index in [1.165, 1.54) is 12.1 Å². The summed E-state index contributed by atoms with van der Waals surface area (Å²) in [6.45, 7) is 0.852. The quantitative estimate of drug-likeness (QED) is 0.748. The van der Waals surface area contributed by atoms with Gasteiger partial charge in [-0.3, -0.25) is 0 Å². The smallest absolute Gasteiger partial charge is 0.129 e. The average molecular weight is 201 g/mol. The van der Waals surface area contributed by atoms with Gasteiger partial charge in [0.15, 0.2) is 0 Å². The Bertz CT molecular complexity index is 310. The first-order valence-corrected chi connectivity index (χ1v) is 5.12. The van der Waals surface area contributed by atoms with Crippen LogP contribution in [-0.4, -0.2) is 12.3 Å². The molecule has 0 unspecified atom stereocenters. The molecule has 1 nitrogen and oxygen atoms in total. The Morgan fingerprint density at radius 3 is 2.92 bits per heavy atom. The van der Waals surface area contributed by atoms with Crippen LogP contribution in [0.25, 0.3) is 0 Å². The van der Waals surface area contributed by atoms with E-state index in [2.05, 4.69) is 5.32 Å². The van der Waals surface area contributed by atoms with Gasteiger partial charge in [-0.1, -0.05) is 0 Å². The van der Waals surface area contributed by atoms with E-state index in [4.69, 9.17) is 0 Å². The maximum Gasteiger partial charge on any atom is 0.129 e. The maximum absolute atomic E-state index is 13.2. The van der Waals surface area contributed by atoms with Gasteiger partial charge >= 0.3 is 0 Å². The summed E-state index contributed by atoms with van der Waals surface area (Å²) in [5, 5.41) is 3.01. The van der Waals surface area contributed by atoms with Crippen LogP contribution in [0.15, 0.2) is 18.2 Å². The van der Waals surface area contributed by atoms with Gasteiger partial charge in [0.1, 0.15) is 11.6 Å². The molecule has 2 rings (SSSR count). The first-order chi connectivity index (χ1) is 6.27. The molecule has 0 aromatic heterocycles. The first-order valence-electron chi connectivity index (χ1n) is 4.07. The van der Waals surface area contributed by atoms with Gasteiger partial charge in [-0.15, -0.1) is 11.8 Å². The fraction of sp³-hybridized carbons (Fsp3) is 0.333. The minimum atomic E-state index is -0.384. The molecule has 70 valence electrons. The lowest BCUT2D eigenvalue weighted by atomic mass is 10.2. The molecule has 1 heterocycles. The summed E-state index contributed by atoms with van der Waals surface area (Å²) >= 11 is 1.60. The molecule has 0 saturated carbocycles. The Morgan fingerprint density at radius 2 is 2.23 bits per heavy atom. The van der Waals surface area contributed by atoms with Gasteiger partial charge in [-0.2, -0.15) is 0 Å². The molecule has 0 amide bonds. The molecule has 1 aliphatic heterocycles. The van der Waals surface area contributed by atoms with Crippen molar-refractivity contribution in [1.29, 1.82) is 0 Å². The number of benzene rings is 1.